The molecular weight excluding hydrogens is 255 g/mol. The number of halogens is 1. The minimum absolute atomic E-state index is 0.0218. The van der Waals surface area contributed by atoms with Gasteiger partial charge in [-0.15, -0.1) is 0 Å². The van der Waals surface area contributed by atoms with Gasteiger partial charge in [0.05, 0.1) is 16.1 Å². The highest BCUT2D eigenvalue weighted by atomic mass is 19.1. The van der Waals surface area contributed by atoms with Crippen molar-refractivity contribution in [1.82, 2.24) is 5.32 Å². The summed E-state index contributed by atoms with van der Waals surface area (Å²) in [5.74, 6) is -1.59. The van der Waals surface area contributed by atoms with Crippen molar-refractivity contribution >= 4 is 11.6 Å². The van der Waals surface area contributed by atoms with Crippen molar-refractivity contribution in [2.75, 3.05) is 6.54 Å². The predicted octanol–water partition coefficient (Wildman–Crippen LogP) is 1.38. The summed E-state index contributed by atoms with van der Waals surface area (Å²) in [4.78, 5) is 21.6. The lowest BCUT2D eigenvalue weighted by atomic mass is 9.80. The van der Waals surface area contributed by atoms with Crippen LogP contribution in [0.2, 0.25) is 0 Å². The normalized spacial score (nSPS) is 16.5. The lowest BCUT2D eigenvalue weighted by molar-refractivity contribution is -0.384. The van der Waals surface area contributed by atoms with Gasteiger partial charge in [0.2, 0.25) is 0 Å². The Morgan fingerprint density at radius 3 is 2.74 bits per heavy atom. The van der Waals surface area contributed by atoms with E-state index >= 15 is 0 Å². The molecule has 2 rings (SSSR count). The van der Waals surface area contributed by atoms with Crippen LogP contribution < -0.4 is 5.32 Å². The first-order valence-electron chi connectivity index (χ1n) is 5.86. The molecule has 1 aliphatic carbocycles. The van der Waals surface area contributed by atoms with Crippen molar-refractivity contribution in [3.05, 3.63) is 39.7 Å². The van der Waals surface area contributed by atoms with Gasteiger partial charge in [-0.2, -0.15) is 0 Å². The van der Waals surface area contributed by atoms with Gasteiger partial charge in [0.15, 0.2) is 0 Å². The van der Waals surface area contributed by atoms with E-state index in [9.17, 15) is 24.4 Å². The molecule has 1 fully saturated rings. The number of amides is 1. The Bertz CT molecular complexity index is 528. The number of benzene rings is 1. The molecule has 1 amide bonds. The van der Waals surface area contributed by atoms with Crippen molar-refractivity contribution < 1.29 is 19.2 Å². The van der Waals surface area contributed by atoms with Crippen molar-refractivity contribution in [1.29, 1.82) is 0 Å². The molecule has 0 bridgehead atoms. The fourth-order valence-corrected chi connectivity index (χ4v) is 1.90. The van der Waals surface area contributed by atoms with Gasteiger partial charge in [-0.1, -0.05) is 0 Å². The van der Waals surface area contributed by atoms with Crippen LogP contribution in [-0.4, -0.2) is 28.1 Å². The van der Waals surface area contributed by atoms with Crippen LogP contribution >= 0.6 is 0 Å². The number of hydrogen-bond donors (Lipinski definition) is 2. The summed E-state index contributed by atoms with van der Waals surface area (Å²) >= 11 is 0. The van der Waals surface area contributed by atoms with E-state index in [4.69, 9.17) is 0 Å². The molecule has 102 valence electrons. The number of carbonyl (C=O) groups excluding carboxylic acids is 1. The Morgan fingerprint density at radius 2 is 2.21 bits per heavy atom. The highest BCUT2D eigenvalue weighted by Crippen LogP contribution is 2.30. The zero-order valence-electron chi connectivity index (χ0n) is 10.1. The average Bonchev–Trinajstić information content (AvgIpc) is 2.34. The third-order valence-electron chi connectivity index (χ3n) is 3.27. The summed E-state index contributed by atoms with van der Waals surface area (Å²) in [5, 5.41) is 22.8. The van der Waals surface area contributed by atoms with E-state index in [2.05, 4.69) is 5.32 Å². The van der Waals surface area contributed by atoms with Crippen molar-refractivity contribution in [3.8, 4) is 0 Å². The van der Waals surface area contributed by atoms with Gasteiger partial charge >= 0.3 is 0 Å². The number of aliphatic hydroxyl groups is 1. The third-order valence-corrected chi connectivity index (χ3v) is 3.27. The van der Waals surface area contributed by atoms with Gasteiger partial charge in [-0.05, 0) is 25.3 Å². The molecule has 0 radical (unpaired) electrons. The third kappa shape index (κ3) is 2.87. The number of rotatable bonds is 4. The molecule has 6 nitrogen and oxygen atoms in total. The Labute approximate surface area is 108 Å². The maximum atomic E-state index is 13.5. The highest BCUT2D eigenvalue weighted by molar-refractivity contribution is 5.95. The van der Waals surface area contributed by atoms with E-state index in [1.165, 1.54) is 0 Å². The molecule has 1 saturated carbocycles. The van der Waals surface area contributed by atoms with Crippen LogP contribution in [0.15, 0.2) is 18.2 Å². The van der Waals surface area contributed by atoms with Crippen LogP contribution in [0.25, 0.3) is 0 Å². The first kappa shape index (κ1) is 13.4. The molecule has 7 heteroatoms. The molecule has 0 saturated heterocycles. The van der Waals surface area contributed by atoms with Gasteiger partial charge in [-0.25, -0.2) is 4.39 Å². The number of nitro groups is 1. The summed E-state index contributed by atoms with van der Waals surface area (Å²) < 4.78 is 13.5. The first-order valence-corrected chi connectivity index (χ1v) is 5.86. The summed E-state index contributed by atoms with van der Waals surface area (Å²) in [5.41, 5.74) is -1.67. The van der Waals surface area contributed by atoms with E-state index in [0.29, 0.717) is 12.8 Å². The second kappa shape index (κ2) is 4.93. The van der Waals surface area contributed by atoms with Crippen LogP contribution in [0.1, 0.15) is 29.6 Å². The Hall–Kier alpha value is -2.02. The molecule has 19 heavy (non-hydrogen) atoms. The molecule has 0 aromatic heterocycles. The minimum Gasteiger partial charge on any atom is -0.388 e. The van der Waals surface area contributed by atoms with E-state index in [-0.39, 0.29) is 12.2 Å². The quantitative estimate of drug-likeness (QED) is 0.637. The minimum atomic E-state index is -0.924. The molecule has 0 aliphatic heterocycles. The highest BCUT2D eigenvalue weighted by Gasteiger charge is 2.34. The number of hydrogen-bond acceptors (Lipinski definition) is 4. The second-order valence-corrected chi connectivity index (χ2v) is 4.68. The predicted molar refractivity (Wildman–Crippen MR) is 64.2 cm³/mol. The topological polar surface area (TPSA) is 92.5 Å². The summed E-state index contributed by atoms with van der Waals surface area (Å²) in [6.07, 6.45) is 2.06. The standard InChI is InChI=1S/C12H13FN2O4/c13-10-3-2-8(15(18)19)6-9(10)11(16)14-7-12(17)4-1-5-12/h2-3,6,17H,1,4-5,7H2,(H,14,16). The molecule has 1 aliphatic rings. The zero-order chi connectivity index (χ0) is 14.0. The lowest BCUT2D eigenvalue weighted by Gasteiger charge is -2.36. The van der Waals surface area contributed by atoms with Crippen LogP contribution in [-0.2, 0) is 0 Å². The van der Waals surface area contributed by atoms with E-state index in [1.54, 1.807) is 0 Å². The van der Waals surface area contributed by atoms with Crippen molar-refractivity contribution in [2.24, 2.45) is 0 Å². The zero-order valence-corrected chi connectivity index (χ0v) is 10.1. The van der Waals surface area contributed by atoms with Crippen LogP contribution in [0.5, 0.6) is 0 Å². The van der Waals surface area contributed by atoms with Gasteiger partial charge in [0.25, 0.3) is 11.6 Å². The SMILES string of the molecule is O=C(NCC1(O)CCC1)c1cc([N+](=O)[O-])ccc1F. The second-order valence-electron chi connectivity index (χ2n) is 4.68. The van der Waals surface area contributed by atoms with Crippen LogP contribution in [0.4, 0.5) is 10.1 Å². The summed E-state index contributed by atoms with van der Waals surface area (Å²) in [7, 11) is 0. The number of carbonyl (C=O) groups is 1. The van der Waals surface area contributed by atoms with Crippen molar-refractivity contribution in [2.45, 2.75) is 24.9 Å². The van der Waals surface area contributed by atoms with Crippen LogP contribution in [0.3, 0.4) is 0 Å². The Kier molecular flexibility index (Phi) is 3.48. The summed E-state index contributed by atoms with van der Waals surface area (Å²) in [6.45, 7) is 0.0218. The fourth-order valence-electron chi connectivity index (χ4n) is 1.90. The van der Waals surface area contributed by atoms with Gasteiger partial charge in [0.1, 0.15) is 5.82 Å². The maximum absolute atomic E-state index is 13.5. The van der Waals surface area contributed by atoms with E-state index in [0.717, 1.165) is 24.6 Å². The summed E-state index contributed by atoms with van der Waals surface area (Å²) in [6, 6.07) is 2.76. The smallest absolute Gasteiger partial charge is 0.270 e. The Balaban J connectivity index is 2.09. The van der Waals surface area contributed by atoms with Gasteiger partial charge in [-0.3, -0.25) is 14.9 Å². The number of nitro benzene ring substituents is 1. The molecule has 0 unspecified atom stereocenters. The van der Waals surface area contributed by atoms with E-state index < -0.39 is 27.8 Å². The molecule has 0 spiro atoms. The largest absolute Gasteiger partial charge is 0.388 e. The average molecular weight is 268 g/mol. The monoisotopic (exact) mass is 268 g/mol. The number of nitrogens with one attached hydrogen (secondary N) is 1. The molecule has 0 atom stereocenters. The Morgan fingerprint density at radius 1 is 1.53 bits per heavy atom. The van der Waals surface area contributed by atoms with Crippen LogP contribution in [0, 0.1) is 15.9 Å². The molecule has 0 heterocycles. The number of nitrogens with zero attached hydrogens (tertiary/aromatic N) is 1. The van der Waals surface area contributed by atoms with Crippen molar-refractivity contribution in [3.63, 3.8) is 0 Å². The maximum Gasteiger partial charge on any atom is 0.270 e. The van der Waals surface area contributed by atoms with E-state index in [1.807, 2.05) is 0 Å². The number of non-ortho nitro benzene ring substituents is 1. The molecule has 1 aromatic carbocycles. The first-order chi connectivity index (χ1) is 8.91. The fraction of sp³-hybridized carbons (Fsp3) is 0.417. The molecule has 1 aromatic rings. The van der Waals surface area contributed by atoms with Gasteiger partial charge < -0.3 is 10.4 Å². The lowest BCUT2D eigenvalue weighted by Crippen LogP contribution is -2.47. The molecular formula is C12H13FN2O4. The van der Waals surface area contributed by atoms with Gasteiger partial charge in [0, 0.05) is 18.7 Å². The molecule has 2 N–H and O–H groups in total.